The molecule has 4 nitrogen and oxygen atoms in total. The van der Waals surface area contributed by atoms with E-state index in [4.69, 9.17) is 0 Å². The van der Waals surface area contributed by atoms with Gasteiger partial charge in [0.1, 0.15) is 12.0 Å². The Morgan fingerprint density at radius 3 is 2.52 bits per heavy atom. The van der Waals surface area contributed by atoms with Crippen molar-refractivity contribution in [1.29, 1.82) is 0 Å². The highest BCUT2D eigenvalue weighted by atomic mass is 19.4. The molecule has 1 aliphatic heterocycles. The van der Waals surface area contributed by atoms with E-state index in [1.807, 2.05) is 12.3 Å². The number of nitrogens with zero attached hydrogens (tertiary/aromatic N) is 3. The smallest absolute Gasteiger partial charge is 0.346 e. The normalized spacial score (nSPS) is 27.6. The highest BCUT2D eigenvalue weighted by molar-refractivity contribution is 5.78. The van der Waals surface area contributed by atoms with Crippen molar-refractivity contribution in [2.75, 3.05) is 19.6 Å². The predicted molar refractivity (Wildman–Crippen MR) is 98.3 cm³/mol. The van der Waals surface area contributed by atoms with Gasteiger partial charge < -0.3 is 4.98 Å². The molecule has 2 fully saturated rings. The zero-order chi connectivity index (χ0) is 19.2. The van der Waals surface area contributed by atoms with Gasteiger partial charge in [0.05, 0.1) is 12.2 Å². The monoisotopic (exact) mass is 380 g/mol. The van der Waals surface area contributed by atoms with Crippen molar-refractivity contribution >= 4 is 11.0 Å². The standard InChI is InChI=1S/C20H27F3N4/c1-12(2)17(18-16-3-4-24-19(16)26-11-25-18)7-13-5-14-8-27(9-15(14)6-13)10-20(21,22)23/h3-4,11-15,17H,5-10H2,1-2H3,(H,24,25,26). The van der Waals surface area contributed by atoms with Gasteiger partial charge in [-0.15, -0.1) is 0 Å². The van der Waals surface area contributed by atoms with Crippen molar-refractivity contribution in [2.24, 2.45) is 23.7 Å². The van der Waals surface area contributed by atoms with Crippen LogP contribution in [0.15, 0.2) is 18.6 Å². The number of rotatable bonds is 5. The maximum atomic E-state index is 12.7. The largest absolute Gasteiger partial charge is 0.401 e. The Morgan fingerprint density at radius 2 is 1.89 bits per heavy atom. The predicted octanol–water partition coefficient (Wildman–Crippen LogP) is 4.61. The number of alkyl halides is 3. The molecule has 0 radical (unpaired) electrons. The Balaban J connectivity index is 1.43. The summed E-state index contributed by atoms with van der Waals surface area (Å²) in [5, 5.41) is 1.09. The Kier molecular flexibility index (Phi) is 4.91. The first-order valence-electron chi connectivity index (χ1n) is 9.87. The molecule has 148 valence electrons. The summed E-state index contributed by atoms with van der Waals surface area (Å²) in [4.78, 5) is 13.6. The van der Waals surface area contributed by atoms with Crippen molar-refractivity contribution in [3.8, 4) is 0 Å². The number of nitrogens with one attached hydrogen (secondary N) is 1. The van der Waals surface area contributed by atoms with E-state index < -0.39 is 12.7 Å². The Hall–Kier alpha value is -1.63. The zero-order valence-corrected chi connectivity index (χ0v) is 15.8. The van der Waals surface area contributed by atoms with Gasteiger partial charge in [-0.1, -0.05) is 13.8 Å². The summed E-state index contributed by atoms with van der Waals surface area (Å²) in [5.74, 6) is 2.22. The van der Waals surface area contributed by atoms with Crippen molar-refractivity contribution in [2.45, 2.75) is 45.2 Å². The van der Waals surface area contributed by atoms with Crippen molar-refractivity contribution in [3.05, 3.63) is 24.3 Å². The van der Waals surface area contributed by atoms with Crippen LogP contribution in [0.25, 0.3) is 11.0 Å². The molecule has 1 saturated carbocycles. The Labute approximate surface area is 157 Å². The van der Waals surface area contributed by atoms with E-state index in [2.05, 4.69) is 28.8 Å². The van der Waals surface area contributed by atoms with Gasteiger partial charge in [-0.3, -0.25) is 4.90 Å². The van der Waals surface area contributed by atoms with E-state index >= 15 is 0 Å². The summed E-state index contributed by atoms with van der Waals surface area (Å²) in [7, 11) is 0. The lowest BCUT2D eigenvalue weighted by Gasteiger charge is -2.25. The average molecular weight is 380 g/mol. The topological polar surface area (TPSA) is 44.8 Å². The lowest BCUT2D eigenvalue weighted by Crippen LogP contribution is -2.33. The number of hydrogen-bond donors (Lipinski definition) is 1. The molecule has 7 heteroatoms. The SMILES string of the molecule is CC(C)C(CC1CC2CN(CC(F)(F)F)CC2C1)c1ncnc2[nH]ccc12. The van der Waals surface area contributed by atoms with E-state index in [9.17, 15) is 13.2 Å². The maximum absolute atomic E-state index is 12.7. The third kappa shape index (κ3) is 3.98. The minimum atomic E-state index is -4.09. The van der Waals surface area contributed by atoms with Gasteiger partial charge in [0.25, 0.3) is 0 Å². The third-order valence-electron chi connectivity index (χ3n) is 6.46. The number of aromatic nitrogens is 3. The fourth-order valence-electron chi connectivity index (χ4n) is 5.34. The van der Waals surface area contributed by atoms with Gasteiger partial charge >= 0.3 is 6.18 Å². The molecule has 2 aromatic rings. The van der Waals surface area contributed by atoms with Crippen LogP contribution < -0.4 is 0 Å². The van der Waals surface area contributed by atoms with Gasteiger partial charge in [0.2, 0.25) is 0 Å². The van der Waals surface area contributed by atoms with Crippen LogP contribution in [-0.4, -0.2) is 45.7 Å². The third-order valence-corrected chi connectivity index (χ3v) is 6.46. The number of aromatic amines is 1. The van der Waals surface area contributed by atoms with Crippen LogP contribution in [0.4, 0.5) is 13.2 Å². The first-order valence-corrected chi connectivity index (χ1v) is 9.87. The molecule has 3 atom stereocenters. The lowest BCUT2D eigenvalue weighted by atomic mass is 9.82. The highest BCUT2D eigenvalue weighted by Crippen LogP contribution is 2.46. The number of halogens is 3. The van der Waals surface area contributed by atoms with Crippen LogP contribution in [0.3, 0.4) is 0 Å². The summed E-state index contributed by atoms with van der Waals surface area (Å²) < 4.78 is 38.0. The molecule has 4 rings (SSSR count). The molecular weight excluding hydrogens is 353 g/mol. The quantitative estimate of drug-likeness (QED) is 0.824. The highest BCUT2D eigenvalue weighted by Gasteiger charge is 2.44. The molecule has 0 aromatic carbocycles. The fraction of sp³-hybridized carbons (Fsp3) is 0.700. The Morgan fingerprint density at radius 1 is 1.19 bits per heavy atom. The molecule has 0 amide bonds. The molecular formula is C20H27F3N4. The van der Waals surface area contributed by atoms with Gasteiger partial charge in [0.15, 0.2) is 0 Å². The van der Waals surface area contributed by atoms with Crippen LogP contribution in [0.2, 0.25) is 0 Å². The van der Waals surface area contributed by atoms with Crippen LogP contribution in [0.5, 0.6) is 0 Å². The van der Waals surface area contributed by atoms with E-state index in [-0.39, 0.29) is 0 Å². The molecule has 0 spiro atoms. The molecule has 27 heavy (non-hydrogen) atoms. The number of likely N-dealkylation sites (tertiary alicyclic amines) is 1. The second-order valence-electron chi connectivity index (χ2n) is 8.75. The van der Waals surface area contributed by atoms with Crippen molar-refractivity contribution < 1.29 is 13.2 Å². The summed E-state index contributed by atoms with van der Waals surface area (Å²) in [6.07, 6.45) is 2.58. The second kappa shape index (κ2) is 7.08. The molecule has 3 heterocycles. The molecule has 2 aliphatic rings. The van der Waals surface area contributed by atoms with E-state index in [0.717, 1.165) is 36.0 Å². The zero-order valence-electron chi connectivity index (χ0n) is 15.8. The van der Waals surface area contributed by atoms with E-state index in [0.29, 0.717) is 42.7 Å². The number of fused-ring (bicyclic) bond motifs is 2. The maximum Gasteiger partial charge on any atom is 0.401 e. The molecule has 1 aliphatic carbocycles. The minimum absolute atomic E-state index is 0.349. The molecule has 1 saturated heterocycles. The van der Waals surface area contributed by atoms with Crippen LogP contribution in [0.1, 0.15) is 44.7 Å². The van der Waals surface area contributed by atoms with Crippen LogP contribution >= 0.6 is 0 Å². The molecule has 1 N–H and O–H groups in total. The first-order chi connectivity index (χ1) is 12.8. The minimum Gasteiger partial charge on any atom is -0.346 e. The lowest BCUT2D eigenvalue weighted by molar-refractivity contribution is -0.144. The van der Waals surface area contributed by atoms with Crippen molar-refractivity contribution in [3.63, 3.8) is 0 Å². The number of hydrogen-bond acceptors (Lipinski definition) is 3. The molecule has 2 aromatic heterocycles. The van der Waals surface area contributed by atoms with Gasteiger partial charge in [-0.25, -0.2) is 9.97 Å². The summed E-state index contributed by atoms with van der Waals surface area (Å²) >= 11 is 0. The molecule has 3 unspecified atom stereocenters. The molecule has 0 bridgehead atoms. The second-order valence-corrected chi connectivity index (χ2v) is 8.75. The van der Waals surface area contributed by atoms with Crippen LogP contribution in [-0.2, 0) is 0 Å². The average Bonchev–Trinajstić information content (AvgIpc) is 3.24. The first kappa shape index (κ1) is 18.7. The van der Waals surface area contributed by atoms with Gasteiger partial charge in [-0.05, 0) is 49.0 Å². The summed E-state index contributed by atoms with van der Waals surface area (Å²) in [6.45, 7) is 4.90. The van der Waals surface area contributed by atoms with Gasteiger partial charge in [0, 0.05) is 30.6 Å². The van der Waals surface area contributed by atoms with E-state index in [1.165, 1.54) is 0 Å². The Bertz CT molecular complexity index is 771. The van der Waals surface area contributed by atoms with Gasteiger partial charge in [-0.2, -0.15) is 13.2 Å². The van der Waals surface area contributed by atoms with E-state index in [1.54, 1.807) is 11.2 Å². The fourth-order valence-corrected chi connectivity index (χ4v) is 5.34. The van der Waals surface area contributed by atoms with Crippen molar-refractivity contribution in [1.82, 2.24) is 19.9 Å². The summed E-state index contributed by atoms with van der Waals surface area (Å²) in [5.41, 5.74) is 1.98. The number of H-pyrrole nitrogens is 1. The van der Waals surface area contributed by atoms with Crippen LogP contribution in [0, 0.1) is 23.7 Å². The summed E-state index contributed by atoms with van der Waals surface area (Å²) in [6, 6.07) is 2.04.